The zero-order chi connectivity index (χ0) is 11.6. The number of hydrogen-bond acceptors (Lipinski definition) is 0. The Balaban J connectivity index is 2.37. The van der Waals surface area contributed by atoms with E-state index in [1.807, 2.05) is 0 Å². The molecule has 0 saturated heterocycles. The van der Waals surface area contributed by atoms with E-state index in [1.165, 1.54) is 16.7 Å². The van der Waals surface area contributed by atoms with Crippen molar-refractivity contribution >= 4 is 13.4 Å². The first kappa shape index (κ1) is 11.0. The molecule has 0 aromatic heterocycles. The lowest BCUT2D eigenvalue weighted by Gasteiger charge is -2.12. The molecule has 0 radical (unpaired) electrons. The highest BCUT2D eigenvalue weighted by Crippen LogP contribution is 2.29. The van der Waals surface area contributed by atoms with Crippen LogP contribution in [0.25, 0.3) is 5.57 Å². The number of allylic oxidation sites excluding steroid dienone is 6. The molecule has 16 heavy (non-hydrogen) atoms. The summed E-state index contributed by atoms with van der Waals surface area (Å²) in [5.41, 5.74) is 3.88. The summed E-state index contributed by atoms with van der Waals surface area (Å²) < 4.78 is 0. The van der Waals surface area contributed by atoms with Gasteiger partial charge in [-0.2, -0.15) is 0 Å². The average molecular weight is 208 g/mol. The van der Waals surface area contributed by atoms with Crippen molar-refractivity contribution in [3.8, 4) is 0 Å². The standard InChI is InChI=1S/C15H17B/c1-12-5-3-6-14(11-12)13-7-4-9-15(2,16)10-8-13/h3-11H,16H2,1-2H3. The molecule has 0 fully saturated rings. The maximum atomic E-state index is 2.25. The Hall–Kier alpha value is -1.50. The summed E-state index contributed by atoms with van der Waals surface area (Å²) in [5.74, 6) is 0. The minimum atomic E-state index is 0.155. The molecule has 1 unspecified atom stereocenters. The SMILES string of the molecule is BC1(C)C=CC=C(c2cccc(C)c2)C=C1. The third kappa shape index (κ3) is 2.54. The van der Waals surface area contributed by atoms with Crippen LogP contribution in [0, 0.1) is 6.92 Å². The van der Waals surface area contributed by atoms with E-state index < -0.39 is 0 Å². The van der Waals surface area contributed by atoms with Gasteiger partial charge in [0.05, 0.1) is 0 Å². The Morgan fingerprint density at radius 1 is 1.19 bits per heavy atom. The predicted molar refractivity (Wildman–Crippen MR) is 74.3 cm³/mol. The van der Waals surface area contributed by atoms with E-state index in [1.54, 1.807) is 0 Å². The number of aryl methyl sites for hydroxylation is 1. The lowest BCUT2D eigenvalue weighted by molar-refractivity contribution is 0.971. The van der Waals surface area contributed by atoms with E-state index in [0.717, 1.165) is 0 Å². The first-order valence-corrected chi connectivity index (χ1v) is 5.73. The zero-order valence-corrected chi connectivity index (χ0v) is 10.2. The van der Waals surface area contributed by atoms with Crippen LogP contribution in [-0.2, 0) is 0 Å². The summed E-state index contributed by atoms with van der Waals surface area (Å²) in [7, 11) is 2.22. The van der Waals surface area contributed by atoms with Gasteiger partial charge in [-0.25, -0.2) is 0 Å². The maximum absolute atomic E-state index is 2.25. The van der Waals surface area contributed by atoms with Crippen molar-refractivity contribution in [2.45, 2.75) is 19.2 Å². The molecule has 80 valence electrons. The molecule has 1 atom stereocenters. The van der Waals surface area contributed by atoms with E-state index in [-0.39, 0.29) is 5.31 Å². The molecule has 0 spiro atoms. The monoisotopic (exact) mass is 208 g/mol. The van der Waals surface area contributed by atoms with Crippen molar-refractivity contribution in [3.63, 3.8) is 0 Å². The first-order valence-electron chi connectivity index (χ1n) is 5.73. The summed E-state index contributed by atoms with van der Waals surface area (Å²) >= 11 is 0. The second kappa shape index (κ2) is 4.17. The summed E-state index contributed by atoms with van der Waals surface area (Å²) in [6.45, 7) is 4.34. The highest BCUT2D eigenvalue weighted by atomic mass is 14.1. The van der Waals surface area contributed by atoms with E-state index in [2.05, 4.69) is 76.3 Å². The van der Waals surface area contributed by atoms with E-state index in [9.17, 15) is 0 Å². The molecule has 0 nitrogen and oxygen atoms in total. The van der Waals surface area contributed by atoms with Crippen molar-refractivity contribution in [1.29, 1.82) is 0 Å². The first-order chi connectivity index (χ1) is 7.57. The Bertz CT molecular complexity index is 476. The minimum absolute atomic E-state index is 0.155. The zero-order valence-electron chi connectivity index (χ0n) is 10.2. The van der Waals surface area contributed by atoms with E-state index in [0.29, 0.717) is 0 Å². The Morgan fingerprint density at radius 3 is 2.75 bits per heavy atom. The van der Waals surface area contributed by atoms with Crippen LogP contribution in [0.4, 0.5) is 0 Å². The molecular weight excluding hydrogens is 191 g/mol. The fourth-order valence-electron chi connectivity index (χ4n) is 1.83. The van der Waals surface area contributed by atoms with Gasteiger partial charge in [0.2, 0.25) is 0 Å². The van der Waals surface area contributed by atoms with Crippen LogP contribution in [-0.4, -0.2) is 7.85 Å². The maximum Gasteiger partial charge on any atom is 0.119 e. The fraction of sp³-hybridized carbons (Fsp3) is 0.200. The van der Waals surface area contributed by atoms with E-state index >= 15 is 0 Å². The van der Waals surface area contributed by atoms with Gasteiger partial charge in [-0.3, -0.25) is 0 Å². The van der Waals surface area contributed by atoms with Crippen LogP contribution in [0.2, 0.25) is 5.31 Å². The van der Waals surface area contributed by atoms with Crippen molar-refractivity contribution in [2.75, 3.05) is 0 Å². The van der Waals surface area contributed by atoms with Crippen molar-refractivity contribution in [3.05, 3.63) is 65.8 Å². The van der Waals surface area contributed by atoms with Crippen LogP contribution in [0.15, 0.2) is 54.6 Å². The van der Waals surface area contributed by atoms with Gasteiger partial charge in [0, 0.05) is 0 Å². The molecule has 1 aromatic rings. The summed E-state index contributed by atoms with van der Waals surface area (Å²) in [6, 6.07) is 8.63. The molecular formula is C15H17B. The van der Waals surface area contributed by atoms with Gasteiger partial charge in [0.25, 0.3) is 0 Å². The fourth-order valence-corrected chi connectivity index (χ4v) is 1.83. The van der Waals surface area contributed by atoms with Crippen LogP contribution in [0.1, 0.15) is 18.1 Å². The highest BCUT2D eigenvalue weighted by molar-refractivity contribution is 6.18. The predicted octanol–water partition coefficient (Wildman–Crippen LogP) is 3.32. The summed E-state index contributed by atoms with van der Waals surface area (Å²) in [6.07, 6.45) is 11.0. The summed E-state index contributed by atoms with van der Waals surface area (Å²) in [5, 5.41) is 0.155. The van der Waals surface area contributed by atoms with Gasteiger partial charge in [0.1, 0.15) is 7.85 Å². The lowest BCUT2D eigenvalue weighted by Crippen LogP contribution is -1.97. The van der Waals surface area contributed by atoms with Crippen molar-refractivity contribution in [2.24, 2.45) is 0 Å². The average Bonchev–Trinajstić information content (AvgIpc) is 2.39. The molecule has 1 aliphatic carbocycles. The molecule has 2 rings (SSSR count). The number of hydrogen-bond donors (Lipinski definition) is 0. The molecule has 1 aliphatic rings. The summed E-state index contributed by atoms with van der Waals surface area (Å²) in [4.78, 5) is 0. The van der Waals surface area contributed by atoms with Crippen molar-refractivity contribution < 1.29 is 0 Å². The number of benzene rings is 1. The van der Waals surface area contributed by atoms with Crippen LogP contribution < -0.4 is 0 Å². The number of rotatable bonds is 1. The Labute approximate surface area is 98.8 Å². The normalized spacial score (nSPS) is 24.0. The van der Waals surface area contributed by atoms with Gasteiger partial charge in [-0.15, -0.1) is 0 Å². The van der Waals surface area contributed by atoms with Gasteiger partial charge in [-0.1, -0.05) is 67.1 Å². The van der Waals surface area contributed by atoms with Gasteiger partial charge in [-0.05, 0) is 23.4 Å². The van der Waals surface area contributed by atoms with Gasteiger partial charge >= 0.3 is 0 Å². The molecule has 1 heteroatoms. The lowest BCUT2D eigenvalue weighted by atomic mass is 9.70. The van der Waals surface area contributed by atoms with Crippen molar-refractivity contribution in [1.82, 2.24) is 0 Å². The van der Waals surface area contributed by atoms with Gasteiger partial charge in [0.15, 0.2) is 0 Å². The second-order valence-electron chi connectivity index (χ2n) is 5.01. The van der Waals surface area contributed by atoms with Crippen LogP contribution >= 0.6 is 0 Å². The van der Waals surface area contributed by atoms with Gasteiger partial charge < -0.3 is 0 Å². The molecule has 0 aliphatic heterocycles. The van der Waals surface area contributed by atoms with Crippen LogP contribution in [0.3, 0.4) is 0 Å². The topological polar surface area (TPSA) is 0 Å². The molecule has 0 bridgehead atoms. The largest absolute Gasteiger partial charge is 0.119 e. The van der Waals surface area contributed by atoms with E-state index in [4.69, 9.17) is 0 Å². The second-order valence-corrected chi connectivity index (χ2v) is 5.01. The third-order valence-electron chi connectivity index (χ3n) is 2.85. The van der Waals surface area contributed by atoms with Crippen LogP contribution in [0.5, 0.6) is 0 Å². The minimum Gasteiger partial charge on any atom is -0.0829 e. The quantitative estimate of drug-likeness (QED) is 0.621. The molecule has 0 N–H and O–H groups in total. The smallest absolute Gasteiger partial charge is 0.0829 e. The Morgan fingerprint density at radius 2 is 2.00 bits per heavy atom. The third-order valence-corrected chi connectivity index (χ3v) is 2.85. The molecule has 0 amide bonds. The highest BCUT2D eigenvalue weighted by Gasteiger charge is 2.11. The molecule has 0 saturated carbocycles. The molecule has 0 heterocycles. The molecule has 1 aromatic carbocycles. The Kier molecular flexibility index (Phi) is 2.87.